The molecule has 0 aliphatic carbocycles. The Balaban J connectivity index is 1.77. The summed E-state index contributed by atoms with van der Waals surface area (Å²) in [4.78, 5) is 50.1. The number of carbonyl (C=O) groups is 2. The van der Waals surface area contributed by atoms with Gasteiger partial charge in [-0.15, -0.1) is 0 Å². The summed E-state index contributed by atoms with van der Waals surface area (Å²) in [6.45, 7) is 0. The number of pyridine rings is 4. The Morgan fingerprint density at radius 1 is 0.472 bits per heavy atom. The van der Waals surface area contributed by atoms with Crippen LogP contribution >= 0.6 is 0 Å². The van der Waals surface area contributed by atoms with Crippen molar-refractivity contribution in [3.63, 3.8) is 0 Å². The summed E-state index contributed by atoms with van der Waals surface area (Å²) in [6, 6.07) is 18.2. The van der Waals surface area contributed by atoms with Crippen molar-refractivity contribution in [2.45, 2.75) is 0 Å². The van der Waals surface area contributed by atoms with E-state index in [0.717, 1.165) is 12.6 Å². The lowest BCUT2D eigenvalue weighted by Gasteiger charge is -2.27. The van der Waals surface area contributed by atoms with Crippen LogP contribution in [0.1, 0.15) is 20.7 Å². The summed E-state index contributed by atoms with van der Waals surface area (Å²) in [5.41, 5.74) is 0.877. The van der Waals surface area contributed by atoms with E-state index in [9.17, 15) is 9.59 Å². The molecule has 1 aliphatic rings. The standard InChI is InChI=1S/C26H24N8O2/c1-31-19-7-5-9-21(27-19)33(3)26-18(16-36)12-14-24(30-26)32(2)20-8-6-10-22(28-20)34(4)25-17(15-35)11-13-23(31)29-25/h5-16H,1-4H3. The van der Waals surface area contributed by atoms with Crippen molar-refractivity contribution in [3.8, 4) is 0 Å². The molecule has 10 heteroatoms. The minimum absolute atomic E-state index is 0.438. The lowest BCUT2D eigenvalue weighted by molar-refractivity contribution is 0.111. The predicted molar refractivity (Wildman–Crippen MR) is 140 cm³/mol. The highest BCUT2D eigenvalue weighted by molar-refractivity contribution is 5.87. The highest BCUT2D eigenvalue weighted by atomic mass is 16.1. The lowest BCUT2D eigenvalue weighted by atomic mass is 10.2. The SMILES string of the molecule is CN1c2cccc(n2)N(C)c2nc(ccc2C=O)N(C)c2cccc(n2)N(C)c2nc1ccc2C=O. The van der Waals surface area contributed by atoms with Crippen molar-refractivity contribution < 1.29 is 9.59 Å². The number of carbonyl (C=O) groups excluding carboxylic acids is 2. The highest BCUT2D eigenvalue weighted by Gasteiger charge is 2.20. The normalized spacial score (nSPS) is 13.0. The zero-order valence-corrected chi connectivity index (χ0v) is 20.3. The summed E-state index contributed by atoms with van der Waals surface area (Å²) in [5, 5.41) is 0. The number of nitrogens with zero attached hydrogens (tertiary/aromatic N) is 8. The number of rotatable bonds is 2. The first-order chi connectivity index (χ1) is 17.4. The Morgan fingerprint density at radius 3 is 1.17 bits per heavy atom. The maximum atomic E-state index is 11.9. The first-order valence-electron chi connectivity index (χ1n) is 11.2. The Bertz CT molecular complexity index is 1360. The maximum absolute atomic E-state index is 11.9. The summed E-state index contributed by atoms with van der Waals surface area (Å²) >= 11 is 0. The molecule has 36 heavy (non-hydrogen) atoms. The van der Waals surface area contributed by atoms with Gasteiger partial charge in [0.05, 0.1) is 11.1 Å². The molecular weight excluding hydrogens is 456 g/mol. The van der Waals surface area contributed by atoms with Gasteiger partial charge in [0, 0.05) is 28.2 Å². The van der Waals surface area contributed by atoms with Crippen LogP contribution in [0.4, 0.5) is 46.5 Å². The van der Waals surface area contributed by atoms with Gasteiger partial charge in [0.25, 0.3) is 0 Å². The molecule has 4 aromatic heterocycles. The third kappa shape index (κ3) is 3.88. The molecule has 0 spiro atoms. The minimum atomic E-state index is 0.438. The third-order valence-electron chi connectivity index (χ3n) is 6.17. The van der Waals surface area contributed by atoms with Gasteiger partial charge in [-0.25, -0.2) is 19.9 Å². The second-order valence-corrected chi connectivity index (χ2v) is 8.34. The van der Waals surface area contributed by atoms with Gasteiger partial charge in [0.15, 0.2) is 12.6 Å². The first-order valence-corrected chi connectivity index (χ1v) is 11.2. The maximum Gasteiger partial charge on any atom is 0.153 e. The van der Waals surface area contributed by atoms with E-state index < -0.39 is 0 Å². The molecule has 0 saturated carbocycles. The van der Waals surface area contributed by atoms with E-state index in [1.807, 2.05) is 74.4 Å². The molecular formula is C26H24N8O2. The van der Waals surface area contributed by atoms with Crippen molar-refractivity contribution in [2.24, 2.45) is 0 Å². The Labute approximate surface area is 208 Å². The smallest absolute Gasteiger partial charge is 0.153 e. The average Bonchev–Trinajstić information content (AvgIpc) is 2.94. The summed E-state index contributed by atoms with van der Waals surface area (Å²) in [7, 11) is 7.34. The van der Waals surface area contributed by atoms with E-state index in [4.69, 9.17) is 19.9 Å². The number of hydrogen-bond donors (Lipinski definition) is 0. The fourth-order valence-corrected chi connectivity index (χ4v) is 4.02. The van der Waals surface area contributed by atoms with Crippen molar-refractivity contribution in [1.29, 1.82) is 0 Å². The highest BCUT2D eigenvalue weighted by Crippen LogP contribution is 2.33. The number of fused-ring (bicyclic) bond motifs is 8. The number of anilines is 8. The molecule has 10 nitrogen and oxygen atoms in total. The minimum Gasteiger partial charge on any atom is -0.314 e. The van der Waals surface area contributed by atoms with Crippen LogP contribution in [0.2, 0.25) is 0 Å². The van der Waals surface area contributed by atoms with Crippen molar-refractivity contribution in [2.75, 3.05) is 47.8 Å². The Hall–Kier alpha value is -4.86. The van der Waals surface area contributed by atoms with Crippen LogP contribution in [-0.4, -0.2) is 60.7 Å². The fraction of sp³-hybridized carbons (Fsp3) is 0.154. The summed E-state index contributed by atoms with van der Waals surface area (Å²) in [5.74, 6) is 4.61. The van der Waals surface area contributed by atoms with Crippen molar-refractivity contribution in [1.82, 2.24) is 19.9 Å². The topological polar surface area (TPSA) is 98.7 Å². The average molecular weight is 481 g/mol. The zero-order valence-electron chi connectivity index (χ0n) is 20.3. The molecule has 0 amide bonds. The molecule has 0 atom stereocenters. The van der Waals surface area contributed by atoms with Crippen molar-refractivity contribution in [3.05, 3.63) is 71.8 Å². The molecule has 5 heterocycles. The molecule has 0 fully saturated rings. The lowest BCUT2D eigenvalue weighted by Crippen LogP contribution is -2.22. The van der Waals surface area contributed by atoms with Gasteiger partial charge < -0.3 is 19.6 Å². The van der Waals surface area contributed by atoms with E-state index in [1.54, 1.807) is 34.1 Å². The quantitative estimate of drug-likeness (QED) is 0.387. The van der Waals surface area contributed by atoms with Gasteiger partial charge >= 0.3 is 0 Å². The fourth-order valence-electron chi connectivity index (χ4n) is 4.02. The van der Waals surface area contributed by atoms with E-state index in [1.165, 1.54) is 0 Å². The van der Waals surface area contributed by atoms with E-state index in [2.05, 4.69) is 0 Å². The van der Waals surface area contributed by atoms with Crippen LogP contribution in [0.15, 0.2) is 60.7 Å². The van der Waals surface area contributed by atoms with E-state index >= 15 is 0 Å². The van der Waals surface area contributed by atoms with E-state index in [0.29, 0.717) is 57.7 Å². The predicted octanol–water partition coefficient (Wildman–Crippen LogP) is 4.28. The van der Waals surface area contributed by atoms with Crippen LogP contribution in [-0.2, 0) is 0 Å². The van der Waals surface area contributed by atoms with Crippen LogP contribution < -0.4 is 19.6 Å². The second-order valence-electron chi connectivity index (χ2n) is 8.34. The molecule has 0 unspecified atom stereocenters. The molecule has 8 bridgehead atoms. The zero-order chi connectivity index (χ0) is 25.4. The van der Waals surface area contributed by atoms with Crippen LogP contribution in [0.25, 0.3) is 0 Å². The van der Waals surface area contributed by atoms with Gasteiger partial charge in [-0.05, 0) is 48.5 Å². The summed E-state index contributed by atoms with van der Waals surface area (Å²) in [6.07, 6.45) is 1.57. The molecule has 180 valence electrons. The number of aldehydes is 2. The van der Waals surface area contributed by atoms with Gasteiger partial charge in [-0.2, -0.15) is 0 Å². The van der Waals surface area contributed by atoms with Crippen molar-refractivity contribution >= 4 is 59.1 Å². The summed E-state index contributed by atoms with van der Waals surface area (Å²) < 4.78 is 0. The number of hydrogen-bond acceptors (Lipinski definition) is 10. The van der Waals surface area contributed by atoms with Gasteiger partial charge in [0.1, 0.15) is 46.5 Å². The second kappa shape index (κ2) is 9.06. The van der Waals surface area contributed by atoms with Crippen LogP contribution in [0.5, 0.6) is 0 Å². The molecule has 1 aliphatic heterocycles. The Kier molecular flexibility index (Phi) is 5.77. The third-order valence-corrected chi connectivity index (χ3v) is 6.17. The monoisotopic (exact) mass is 480 g/mol. The molecule has 0 N–H and O–H groups in total. The molecule has 5 rings (SSSR count). The molecule has 4 aromatic rings. The van der Waals surface area contributed by atoms with E-state index in [-0.39, 0.29) is 0 Å². The Morgan fingerprint density at radius 2 is 0.806 bits per heavy atom. The molecule has 0 aromatic carbocycles. The van der Waals surface area contributed by atoms with Gasteiger partial charge in [-0.3, -0.25) is 9.59 Å². The largest absolute Gasteiger partial charge is 0.314 e. The molecule has 0 saturated heterocycles. The van der Waals surface area contributed by atoms with Crippen LogP contribution in [0, 0.1) is 0 Å². The molecule has 0 radical (unpaired) electrons. The first kappa shape index (κ1) is 22.9. The van der Waals surface area contributed by atoms with Gasteiger partial charge in [-0.1, -0.05) is 12.1 Å². The number of aromatic nitrogens is 4. The van der Waals surface area contributed by atoms with Gasteiger partial charge in [0.2, 0.25) is 0 Å². The van der Waals surface area contributed by atoms with Crippen LogP contribution in [0.3, 0.4) is 0 Å².